The van der Waals surface area contributed by atoms with Gasteiger partial charge in [0.2, 0.25) is 0 Å². The zero-order valence-electron chi connectivity index (χ0n) is 15.6. The van der Waals surface area contributed by atoms with E-state index in [4.69, 9.17) is 10.5 Å². The normalized spacial score (nSPS) is 26.7. The predicted octanol–water partition coefficient (Wildman–Crippen LogP) is 1.25. The van der Waals surface area contributed by atoms with Crippen molar-refractivity contribution in [2.45, 2.75) is 56.2 Å². The molecule has 1 aromatic rings. The van der Waals surface area contributed by atoms with Crippen LogP contribution in [0.25, 0.3) is 0 Å². The van der Waals surface area contributed by atoms with Crippen LogP contribution in [0, 0.1) is 5.82 Å². The minimum atomic E-state index is -1.93. The highest BCUT2D eigenvalue weighted by atomic mass is 19.1. The van der Waals surface area contributed by atoms with Crippen molar-refractivity contribution in [2.24, 2.45) is 5.73 Å². The molecule has 6 amide bonds. The summed E-state index contributed by atoms with van der Waals surface area (Å²) < 4.78 is 19.5. The van der Waals surface area contributed by atoms with Gasteiger partial charge in [0.05, 0.1) is 0 Å². The zero-order valence-corrected chi connectivity index (χ0v) is 15.6. The number of nitrogens with one attached hydrogen (secondary N) is 2. The number of hydrogen-bond acceptors (Lipinski definition) is 5. The van der Waals surface area contributed by atoms with Crippen molar-refractivity contribution in [3.63, 3.8) is 0 Å². The third-order valence-corrected chi connectivity index (χ3v) is 5.77. The average Bonchev–Trinajstić information content (AvgIpc) is 2.93. The van der Waals surface area contributed by atoms with Gasteiger partial charge in [0.25, 0.3) is 11.8 Å². The first-order valence-corrected chi connectivity index (χ1v) is 9.55. The lowest BCUT2D eigenvalue weighted by atomic mass is 9.80. The Kier molecular flexibility index (Phi) is 4.64. The fourth-order valence-corrected chi connectivity index (χ4v) is 4.37. The van der Waals surface area contributed by atoms with Gasteiger partial charge in [-0.2, -0.15) is 0 Å². The number of benzene rings is 1. The summed E-state index contributed by atoms with van der Waals surface area (Å²) in [5.41, 5.74) is 3.45. The molecule has 2 unspecified atom stereocenters. The lowest BCUT2D eigenvalue weighted by molar-refractivity contribution is -0.133. The molecule has 154 valence electrons. The van der Waals surface area contributed by atoms with Gasteiger partial charge in [-0.3, -0.25) is 14.9 Å². The predicted molar refractivity (Wildman–Crippen MR) is 97.1 cm³/mol. The molecule has 9 nitrogen and oxygen atoms in total. The molecule has 2 fully saturated rings. The lowest BCUT2D eigenvalue weighted by Gasteiger charge is -2.41. The molecule has 1 spiro atoms. The van der Waals surface area contributed by atoms with E-state index in [1.165, 1.54) is 6.07 Å². The van der Waals surface area contributed by atoms with E-state index in [2.05, 4.69) is 10.6 Å². The maximum Gasteiger partial charge on any atom is 0.333 e. The first-order chi connectivity index (χ1) is 13.8. The van der Waals surface area contributed by atoms with E-state index < -0.39 is 47.8 Å². The molecule has 1 saturated heterocycles. The zero-order chi connectivity index (χ0) is 20.8. The molecule has 1 aromatic carbocycles. The lowest BCUT2D eigenvalue weighted by Crippen LogP contribution is -2.59. The summed E-state index contributed by atoms with van der Waals surface area (Å²) in [4.78, 5) is 51.2. The van der Waals surface area contributed by atoms with Gasteiger partial charge in [-0.25, -0.2) is 18.9 Å². The molecule has 3 aliphatic rings. The standard InChI is InChI=1S/C19H21FN4O5/c20-10-6-7-13-12(8-10)19(9-14(29-13)15(21)25)16(26)23-18(28)24(19)17(27)22-11-4-2-1-3-5-11/h6-8,11,14H,1-5,9H2,(H2,21,25)(H,22,27)(H,23,26,28). The van der Waals surface area contributed by atoms with Crippen LogP contribution in [-0.2, 0) is 15.1 Å². The minimum Gasteiger partial charge on any atom is -0.480 e. The van der Waals surface area contributed by atoms with Crippen LogP contribution in [-0.4, -0.2) is 40.9 Å². The van der Waals surface area contributed by atoms with Crippen molar-refractivity contribution in [2.75, 3.05) is 0 Å². The quantitative estimate of drug-likeness (QED) is 0.639. The van der Waals surface area contributed by atoms with Crippen LogP contribution in [0.3, 0.4) is 0 Å². The number of amides is 6. The summed E-state index contributed by atoms with van der Waals surface area (Å²) in [5.74, 6) is -2.35. The van der Waals surface area contributed by atoms with E-state index in [1.807, 2.05) is 0 Å². The van der Waals surface area contributed by atoms with E-state index in [9.17, 15) is 23.6 Å². The number of carbonyl (C=O) groups excluding carboxylic acids is 4. The number of fused-ring (bicyclic) bond motifs is 2. The fourth-order valence-electron chi connectivity index (χ4n) is 4.37. The smallest absolute Gasteiger partial charge is 0.333 e. The molecule has 29 heavy (non-hydrogen) atoms. The number of imide groups is 2. The average molecular weight is 404 g/mol. The summed E-state index contributed by atoms with van der Waals surface area (Å²) in [6.45, 7) is 0. The highest BCUT2D eigenvalue weighted by Crippen LogP contribution is 2.46. The van der Waals surface area contributed by atoms with Crippen LogP contribution in [0.2, 0.25) is 0 Å². The third kappa shape index (κ3) is 3.08. The molecular formula is C19H21FN4O5. The number of hydrogen-bond donors (Lipinski definition) is 3. The SMILES string of the molecule is NC(=O)C1CC2(C(=O)NC(=O)N2C(=O)NC2CCCCC2)c2cc(F)ccc2O1. The Morgan fingerprint density at radius 2 is 1.97 bits per heavy atom. The summed E-state index contributed by atoms with van der Waals surface area (Å²) in [6, 6.07) is 1.53. The van der Waals surface area contributed by atoms with Gasteiger partial charge in [-0.15, -0.1) is 0 Å². The Morgan fingerprint density at radius 1 is 1.24 bits per heavy atom. The monoisotopic (exact) mass is 404 g/mol. The van der Waals surface area contributed by atoms with E-state index in [1.54, 1.807) is 0 Å². The highest BCUT2D eigenvalue weighted by Gasteiger charge is 2.62. The molecule has 1 saturated carbocycles. The van der Waals surface area contributed by atoms with E-state index >= 15 is 0 Å². The van der Waals surface area contributed by atoms with Crippen LogP contribution >= 0.6 is 0 Å². The Labute approximate surface area is 165 Å². The van der Waals surface area contributed by atoms with Gasteiger partial charge in [0, 0.05) is 18.0 Å². The van der Waals surface area contributed by atoms with Crippen LogP contribution in [0.5, 0.6) is 5.75 Å². The first kappa shape index (κ1) is 19.2. The molecule has 2 aliphatic heterocycles. The van der Waals surface area contributed by atoms with Crippen LogP contribution in [0.4, 0.5) is 14.0 Å². The Morgan fingerprint density at radius 3 is 2.66 bits per heavy atom. The van der Waals surface area contributed by atoms with Crippen molar-refractivity contribution in [3.05, 3.63) is 29.6 Å². The van der Waals surface area contributed by atoms with E-state index in [0.717, 1.165) is 49.1 Å². The molecular weight excluding hydrogens is 383 g/mol. The Bertz CT molecular complexity index is 901. The maximum atomic E-state index is 14.0. The van der Waals surface area contributed by atoms with Crippen molar-refractivity contribution < 1.29 is 28.3 Å². The summed E-state index contributed by atoms with van der Waals surface area (Å²) in [6.07, 6.45) is 2.84. The second kappa shape index (κ2) is 7.02. The van der Waals surface area contributed by atoms with E-state index in [-0.39, 0.29) is 17.4 Å². The molecule has 4 N–H and O–H groups in total. The molecule has 4 rings (SSSR count). The third-order valence-electron chi connectivity index (χ3n) is 5.77. The first-order valence-electron chi connectivity index (χ1n) is 9.55. The van der Waals surface area contributed by atoms with Crippen molar-refractivity contribution in [1.29, 1.82) is 0 Å². The van der Waals surface area contributed by atoms with Gasteiger partial charge >= 0.3 is 12.1 Å². The van der Waals surface area contributed by atoms with Crippen LogP contribution in [0.1, 0.15) is 44.1 Å². The highest BCUT2D eigenvalue weighted by molar-refractivity contribution is 6.14. The second-order valence-corrected chi connectivity index (χ2v) is 7.59. The van der Waals surface area contributed by atoms with E-state index in [0.29, 0.717) is 0 Å². The Hall–Kier alpha value is -3.17. The number of primary amides is 1. The largest absolute Gasteiger partial charge is 0.480 e. The number of carbonyl (C=O) groups is 4. The van der Waals surface area contributed by atoms with Crippen LogP contribution in [0.15, 0.2) is 18.2 Å². The number of urea groups is 2. The topological polar surface area (TPSA) is 131 Å². The van der Waals surface area contributed by atoms with Crippen LogP contribution < -0.4 is 21.1 Å². The molecule has 0 radical (unpaired) electrons. The number of rotatable bonds is 2. The maximum absolute atomic E-state index is 14.0. The van der Waals surface area contributed by atoms with Gasteiger partial charge < -0.3 is 15.8 Å². The molecule has 2 heterocycles. The van der Waals surface area contributed by atoms with Crippen molar-refractivity contribution >= 4 is 23.9 Å². The van der Waals surface area contributed by atoms with Gasteiger partial charge in [-0.1, -0.05) is 19.3 Å². The molecule has 0 bridgehead atoms. The van der Waals surface area contributed by atoms with Crippen molar-refractivity contribution in [1.82, 2.24) is 15.5 Å². The number of nitrogens with zero attached hydrogens (tertiary/aromatic N) is 1. The fraction of sp³-hybridized carbons (Fsp3) is 0.474. The summed E-state index contributed by atoms with van der Waals surface area (Å²) in [5, 5.41) is 4.92. The summed E-state index contributed by atoms with van der Waals surface area (Å²) >= 11 is 0. The second-order valence-electron chi connectivity index (χ2n) is 7.59. The summed E-state index contributed by atoms with van der Waals surface area (Å²) in [7, 11) is 0. The molecule has 1 aliphatic carbocycles. The van der Waals surface area contributed by atoms with Crippen molar-refractivity contribution in [3.8, 4) is 5.75 Å². The number of nitrogens with two attached hydrogens (primary N) is 1. The van der Waals surface area contributed by atoms with Gasteiger partial charge in [0.15, 0.2) is 11.6 Å². The Balaban J connectivity index is 1.78. The molecule has 2 atom stereocenters. The van der Waals surface area contributed by atoms with Gasteiger partial charge in [-0.05, 0) is 31.0 Å². The molecule has 0 aromatic heterocycles. The number of halogens is 1. The van der Waals surface area contributed by atoms with Gasteiger partial charge in [0.1, 0.15) is 11.6 Å². The molecule has 10 heteroatoms. The minimum absolute atomic E-state index is 0.00264. The number of ether oxygens (including phenoxy) is 1.